The highest BCUT2D eigenvalue weighted by Gasteiger charge is 2.31. The van der Waals surface area contributed by atoms with Crippen molar-refractivity contribution >= 4 is 23.2 Å². The molecule has 0 amide bonds. The van der Waals surface area contributed by atoms with E-state index in [1.807, 2.05) is 0 Å². The molecule has 1 aromatic rings. The van der Waals surface area contributed by atoms with Gasteiger partial charge >= 0.3 is 0 Å². The molecule has 0 aromatic heterocycles. The Bertz CT molecular complexity index is 589. The molecule has 0 atom stereocenters. The van der Waals surface area contributed by atoms with Gasteiger partial charge in [0.05, 0.1) is 24.8 Å². The second-order valence-electron chi connectivity index (χ2n) is 3.57. The van der Waals surface area contributed by atoms with Crippen LogP contribution < -0.4 is 9.47 Å². The molecule has 1 N–H and O–H groups in total. The van der Waals surface area contributed by atoms with Gasteiger partial charge in [-0.3, -0.25) is 9.59 Å². The number of phenolic OH excluding ortho intramolecular Hbond substituents is 1. The van der Waals surface area contributed by atoms with Crippen molar-refractivity contribution in [2.75, 3.05) is 14.2 Å². The molecule has 6 heteroatoms. The minimum atomic E-state index is -0.548. The topological polar surface area (TPSA) is 72.8 Å². The summed E-state index contributed by atoms with van der Waals surface area (Å²) in [7, 11) is 2.68. The van der Waals surface area contributed by atoms with Crippen molar-refractivity contribution in [1.29, 1.82) is 0 Å². The first-order valence-electron chi connectivity index (χ1n) is 4.95. The second kappa shape index (κ2) is 4.34. The summed E-state index contributed by atoms with van der Waals surface area (Å²) >= 11 is 5.65. The van der Waals surface area contributed by atoms with Crippen LogP contribution in [0.3, 0.4) is 0 Å². The molecule has 0 saturated heterocycles. The van der Waals surface area contributed by atoms with E-state index >= 15 is 0 Å². The third kappa shape index (κ3) is 1.64. The molecule has 0 heterocycles. The number of methoxy groups -OCH3 is 2. The van der Waals surface area contributed by atoms with Gasteiger partial charge in [-0.05, 0) is 6.07 Å². The van der Waals surface area contributed by atoms with E-state index in [4.69, 9.17) is 21.1 Å². The molecule has 0 radical (unpaired) electrons. The standard InChI is InChI=1S/C12H9ClO5/c1-17-8-3-5-9(11(16)12(8)18-2)7(14)4-6(13)10(5)15/h3-4,16H,1-2H3. The van der Waals surface area contributed by atoms with Gasteiger partial charge in [0.2, 0.25) is 11.5 Å². The molecule has 1 aromatic carbocycles. The molecule has 5 nitrogen and oxygen atoms in total. The van der Waals surface area contributed by atoms with Crippen molar-refractivity contribution in [3.63, 3.8) is 0 Å². The summed E-state index contributed by atoms with van der Waals surface area (Å²) < 4.78 is 9.94. The zero-order valence-electron chi connectivity index (χ0n) is 9.61. The van der Waals surface area contributed by atoms with Crippen LogP contribution in [-0.2, 0) is 0 Å². The van der Waals surface area contributed by atoms with E-state index in [1.54, 1.807) is 0 Å². The number of benzene rings is 1. The highest BCUT2D eigenvalue weighted by molar-refractivity contribution is 6.49. The molecule has 2 rings (SSSR count). The quantitative estimate of drug-likeness (QED) is 0.887. The summed E-state index contributed by atoms with van der Waals surface area (Å²) in [6.45, 7) is 0. The molecule has 94 valence electrons. The van der Waals surface area contributed by atoms with Crippen LogP contribution in [0.25, 0.3) is 0 Å². The van der Waals surface area contributed by atoms with Gasteiger partial charge < -0.3 is 14.6 Å². The molecule has 0 fully saturated rings. The number of rotatable bonds is 2. The summed E-state index contributed by atoms with van der Waals surface area (Å²) in [4.78, 5) is 23.6. The molecule has 0 spiro atoms. The number of hydrogen-bond acceptors (Lipinski definition) is 5. The Morgan fingerprint density at radius 1 is 1.22 bits per heavy atom. The van der Waals surface area contributed by atoms with Crippen LogP contribution in [0.2, 0.25) is 0 Å². The minimum Gasteiger partial charge on any atom is -0.504 e. The van der Waals surface area contributed by atoms with Crippen molar-refractivity contribution in [1.82, 2.24) is 0 Å². The van der Waals surface area contributed by atoms with Gasteiger partial charge in [0.1, 0.15) is 0 Å². The van der Waals surface area contributed by atoms with E-state index in [0.717, 1.165) is 6.08 Å². The molecule has 0 unspecified atom stereocenters. The molecule has 1 aliphatic rings. The normalized spacial score (nSPS) is 14.1. The molecular formula is C12H9ClO5. The Morgan fingerprint density at radius 3 is 2.44 bits per heavy atom. The number of carbonyl (C=O) groups is 2. The number of allylic oxidation sites excluding steroid dienone is 2. The highest BCUT2D eigenvalue weighted by atomic mass is 35.5. The van der Waals surface area contributed by atoms with E-state index < -0.39 is 17.3 Å². The average molecular weight is 269 g/mol. The molecular weight excluding hydrogens is 260 g/mol. The smallest absolute Gasteiger partial charge is 0.205 e. The number of halogens is 1. The van der Waals surface area contributed by atoms with E-state index in [9.17, 15) is 14.7 Å². The number of phenols is 1. The highest BCUT2D eigenvalue weighted by Crippen LogP contribution is 2.43. The predicted molar refractivity (Wildman–Crippen MR) is 63.8 cm³/mol. The van der Waals surface area contributed by atoms with E-state index in [0.29, 0.717) is 0 Å². The monoisotopic (exact) mass is 268 g/mol. The first-order chi connectivity index (χ1) is 8.51. The van der Waals surface area contributed by atoms with Crippen LogP contribution in [0.4, 0.5) is 0 Å². The van der Waals surface area contributed by atoms with Gasteiger partial charge in [0, 0.05) is 11.6 Å². The summed E-state index contributed by atoms with van der Waals surface area (Å²) in [5, 5.41) is 9.78. The predicted octanol–water partition coefficient (Wildman–Crippen LogP) is 1.91. The van der Waals surface area contributed by atoms with Gasteiger partial charge in [-0.1, -0.05) is 11.6 Å². The number of ether oxygens (including phenoxy) is 2. The molecule has 0 saturated carbocycles. The van der Waals surface area contributed by atoms with Gasteiger partial charge in [-0.2, -0.15) is 0 Å². The van der Waals surface area contributed by atoms with Crippen LogP contribution in [0.1, 0.15) is 20.7 Å². The van der Waals surface area contributed by atoms with E-state index in [1.165, 1.54) is 20.3 Å². The fraction of sp³-hybridized carbons (Fsp3) is 0.167. The van der Waals surface area contributed by atoms with Crippen LogP contribution in [-0.4, -0.2) is 30.9 Å². The average Bonchev–Trinajstić information content (AvgIpc) is 2.34. The lowest BCUT2D eigenvalue weighted by Gasteiger charge is -2.17. The zero-order chi connectivity index (χ0) is 13.4. The third-order valence-corrected chi connectivity index (χ3v) is 2.89. The van der Waals surface area contributed by atoms with Crippen LogP contribution in [0.15, 0.2) is 17.2 Å². The first kappa shape index (κ1) is 12.4. The van der Waals surface area contributed by atoms with Gasteiger partial charge in [-0.25, -0.2) is 0 Å². The Balaban J connectivity index is 2.79. The Morgan fingerprint density at radius 2 is 1.89 bits per heavy atom. The fourth-order valence-corrected chi connectivity index (χ4v) is 1.99. The first-order valence-corrected chi connectivity index (χ1v) is 5.33. The lowest BCUT2D eigenvalue weighted by molar-refractivity contribution is 0.0987. The van der Waals surface area contributed by atoms with Crippen molar-refractivity contribution in [3.05, 3.63) is 28.3 Å². The lowest BCUT2D eigenvalue weighted by Crippen LogP contribution is -2.15. The van der Waals surface area contributed by atoms with Gasteiger partial charge in [-0.15, -0.1) is 0 Å². The number of fused-ring (bicyclic) bond motifs is 1. The number of aromatic hydroxyl groups is 1. The summed E-state index contributed by atoms with van der Waals surface area (Å²) in [5.41, 5.74) is -0.121. The van der Waals surface area contributed by atoms with Crippen molar-refractivity contribution in [3.8, 4) is 17.2 Å². The number of carbonyl (C=O) groups excluding carboxylic acids is 2. The maximum atomic E-state index is 11.8. The molecule has 18 heavy (non-hydrogen) atoms. The third-order valence-electron chi connectivity index (χ3n) is 2.61. The molecule has 0 aliphatic heterocycles. The Kier molecular flexibility index (Phi) is 3.00. The van der Waals surface area contributed by atoms with Crippen molar-refractivity contribution < 1.29 is 24.2 Å². The largest absolute Gasteiger partial charge is 0.504 e. The maximum Gasteiger partial charge on any atom is 0.205 e. The Labute approximate surface area is 108 Å². The van der Waals surface area contributed by atoms with E-state index in [-0.39, 0.29) is 27.7 Å². The van der Waals surface area contributed by atoms with Crippen LogP contribution in [0, 0.1) is 0 Å². The van der Waals surface area contributed by atoms with Gasteiger partial charge in [0.15, 0.2) is 17.3 Å². The van der Waals surface area contributed by atoms with E-state index in [2.05, 4.69) is 0 Å². The zero-order valence-corrected chi connectivity index (χ0v) is 10.4. The number of ketones is 2. The minimum absolute atomic E-state index is 0.00245. The SMILES string of the molecule is COc1cc2c(c(O)c1OC)C(=O)C=C(Cl)C2=O. The number of hydrogen-bond donors (Lipinski definition) is 1. The molecule has 1 aliphatic carbocycles. The summed E-state index contributed by atoms with van der Waals surface area (Å²) in [6, 6.07) is 1.32. The van der Waals surface area contributed by atoms with Crippen molar-refractivity contribution in [2.24, 2.45) is 0 Å². The maximum absolute atomic E-state index is 11.8. The molecule has 0 bridgehead atoms. The fourth-order valence-electron chi connectivity index (χ4n) is 1.79. The van der Waals surface area contributed by atoms with Gasteiger partial charge in [0.25, 0.3) is 0 Å². The van der Waals surface area contributed by atoms with Crippen molar-refractivity contribution in [2.45, 2.75) is 0 Å². The van der Waals surface area contributed by atoms with Crippen LogP contribution in [0.5, 0.6) is 17.2 Å². The Hall–Kier alpha value is -2.01. The second-order valence-corrected chi connectivity index (χ2v) is 3.98. The van der Waals surface area contributed by atoms with Crippen LogP contribution >= 0.6 is 11.6 Å². The number of Topliss-reactive ketones (excluding diaryl/α,β-unsaturated/α-hetero) is 1. The summed E-state index contributed by atoms with van der Waals surface area (Å²) in [5.74, 6) is -1.36. The lowest BCUT2D eigenvalue weighted by atomic mass is 9.93. The summed E-state index contributed by atoms with van der Waals surface area (Å²) in [6.07, 6.45) is 0.970.